The number of hydrogen-bond acceptors (Lipinski definition) is 6. The fourth-order valence-electron chi connectivity index (χ4n) is 4.16. The Morgan fingerprint density at radius 3 is 2.54 bits per heavy atom. The average molecular weight is 493 g/mol. The van der Waals surface area contributed by atoms with Gasteiger partial charge in [0.05, 0.1) is 23.0 Å². The van der Waals surface area contributed by atoms with Gasteiger partial charge in [0.15, 0.2) is 6.61 Å². The monoisotopic (exact) mass is 492 g/mol. The van der Waals surface area contributed by atoms with Crippen molar-refractivity contribution in [2.75, 3.05) is 6.61 Å². The number of para-hydroxylation sites is 2. The predicted molar refractivity (Wildman–Crippen MR) is 129 cm³/mol. The van der Waals surface area contributed by atoms with Gasteiger partial charge in [-0.25, -0.2) is 9.80 Å². The Kier molecular flexibility index (Phi) is 6.00. The van der Waals surface area contributed by atoms with Gasteiger partial charge in [0.1, 0.15) is 18.3 Å². The average Bonchev–Trinajstić information content (AvgIpc) is 3.60. The maximum absolute atomic E-state index is 13.0. The van der Waals surface area contributed by atoms with E-state index in [0.29, 0.717) is 33.9 Å². The number of carbonyl (C=O) groups excluding carboxylic acids is 2. The molecule has 0 saturated heterocycles. The Morgan fingerprint density at radius 1 is 1.09 bits per heavy atom. The number of furan rings is 1. The smallest absolute Gasteiger partial charge is 0.329 e. The number of carbonyl (C=O) groups is 2. The SMILES string of the molecule is Cn1c(=O)n(CC(=O)OCC(=O)N2N=C(c3ccc(Cl)cc3)CC2c2ccco2)c2ccccc21. The number of rotatable bonds is 6. The molecule has 0 N–H and O–H groups in total. The molecule has 5 rings (SSSR count). The second-order valence-corrected chi connectivity index (χ2v) is 8.54. The lowest BCUT2D eigenvalue weighted by Crippen LogP contribution is -2.32. The fraction of sp³-hybridized carbons (Fsp3) is 0.200. The lowest BCUT2D eigenvalue weighted by Gasteiger charge is -2.19. The first-order chi connectivity index (χ1) is 16.9. The molecule has 1 unspecified atom stereocenters. The van der Waals surface area contributed by atoms with Gasteiger partial charge in [0.2, 0.25) is 0 Å². The van der Waals surface area contributed by atoms with Gasteiger partial charge in [-0.1, -0.05) is 35.9 Å². The summed E-state index contributed by atoms with van der Waals surface area (Å²) in [6, 6.07) is 17.3. The van der Waals surface area contributed by atoms with Crippen LogP contribution in [0.25, 0.3) is 11.0 Å². The number of amides is 1. The van der Waals surface area contributed by atoms with Crippen molar-refractivity contribution in [1.82, 2.24) is 14.1 Å². The quantitative estimate of drug-likeness (QED) is 0.383. The van der Waals surface area contributed by atoms with Crippen LogP contribution in [0.2, 0.25) is 5.02 Å². The molecule has 1 aliphatic rings. The van der Waals surface area contributed by atoms with Crippen molar-refractivity contribution in [2.45, 2.75) is 19.0 Å². The van der Waals surface area contributed by atoms with Crippen molar-refractivity contribution in [2.24, 2.45) is 12.1 Å². The molecule has 35 heavy (non-hydrogen) atoms. The van der Waals surface area contributed by atoms with Crippen LogP contribution in [0, 0.1) is 0 Å². The number of imidazole rings is 1. The number of fused-ring (bicyclic) bond motifs is 1. The number of hydrazone groups is 1. The third kappa shape index (κ3) is 4.38. The standard InChI is InChI=1S/C25H21ClN4O5/c1-28-19-5-2-3-6-20(19)29(25(28)33)14-24(32)35-15-23(31)30-21(22-7-4-12-34-22)13-18(27-30)16-8-10-17(26)11-9-16/h2-12,21H,13-15H2,1H3. The summed E-state index contributed by atoms with van der Waals surface area (Å²) in [6.45, 7) is -0.832. The molecule has 1 amide bonds. The normalized spacial score (nSPS) is 15.4. The zero-order valence-electron chi connectivity index (χ0n) is 18.8. The van der Waals surface area contributed by atoms with Crippen LogP contribution in [-0.4, -0.2) is 38.3 Å². The highest BCUT2D eigenvalue weighted by Crippen LogP contribution is 2.33. The van der Waals surface area contributed by atoms with E-state index in [1.165, 1.54) is 20.4 Å². The molecule has 2 aromatic heterocycles. The Balaban J connectivity index is 1.31. The van der Waals surface area contributed by atoms with E-state index in [0.717, 1.165) is 5.56 Å². The van der Waals surface area contributed by atoms with Gasteiger partial charge in [0.25, 0.3) is 5.91 Å². The van der Waals surface area contributed by atoms with Crippen LogP contribution in [0.15, 0.2) is 81.2 Å². The zero-order valence-corrected chi connectivity index (χ0v) is 19.5. The van der Waals surface area contributed by atoms with Crippen LogP contribution >= 0.6 is 11.6 Å². The largest absolute Gasteiger partial charge is 0.467 e. The molecule has 9 nitrogen and oxygen atoms in total. The van der Waals surface area contributed by atoms with E-state index in [-0.39, 0.29) is 12.2 Å². The lowest BCUT2D eigenvalue weighted by atomic mass is 10.0. The van der Waals surface area contributed by atoms with Crippen LogP contribution in [0.1, 0.15) is 23.8 Å². The third-order valence-electron chi connectivity index (χ3n) is 5.91. The van der Waals surface area contributed by atoms with E-state index in [1.807, 2.05) is 18.2 Å². The first kappa shape index (κ1) is 22.7. The predicted octanol–water partition coefficient (Wildman–Crippen LogP) is 3.51. The minimum atomic E-state index is -0.701. The van der Waals surface area contributed by atoms with Crippen LogP contribution in [0.3, 0.4) is 0 Å². The van der Waals surface area contributed by atoms with Gasteiger partial charge >= 0.3 is 11.7 Å². The Hall–Kier alpha value is -4.11. The summed E-state index contributed by atoms with van der Waals surface area (Å²) < 4.78 is 13.5. The molecule has 0 bridgehead atoms. The molecular weight excluding hydrogens is 472 g/mol. The van der Waals surface area contributed by atoms with Gasteiger partial charge in [-0.05, 0) is 42.0 Å². The summed E-state index contributed by atoms with van der Waals surface area (Å²) in [6.07, 6.45) is 1.96. The summed E-state index contributed by atoms with van der Waals surface area (Å²) in [4.78, 5) is 38.1. The lowest BCUT2D eigenvalue weighted by molar-refractivity contribution is -0.153. The van der Waals surface area contributed by atoms with Crippen molar-refractivity contribution in [3.05, 3.63) is 93.8 Å². The fourth-order valence-corrected chi connectivity index (χ4v) is 4.28. The van der Waals surface area contributed by atoms with E-state index in [1.54, 1.807) is 49.5 Å². The molecule has 178 valence electrons. The molecule has 2 aromatic carbocycles. The molecule has 4 aromatic rings. The maximum Gasteiger partial charge on any atom is 0.329 e. The Bertz CT molecular complexity index is 1480. The van der Waals surface area contributed by atoms with Gasteiger partial charge in [0, 0.05) is 18.5 Å². The highest BCUT2D eigenvalue weighted by molar-refractivity contribution is 6.30. The van der Waals surface area contributed by atoms with Crippen LogP contribution in [0.4, 0.5) is 0 Å². The number of halogens is 1. The molecular formula is C25H21ClN4O5. The highest BCUT2D eigenvalue weighted by Gasteiger charge is 2.35. The number of aryl methyl sites for hydroxylation is 1. The number of esters is 1. The van der Waals surface area contributed by atoms with Crippen molar-refractivity contribution in [3.63, 3.8) is 0 Å². The first-order valence-electron chi connectivity index (χ1n) is 10.9. The van der Waals surface area contributed by atoms with Crippen molar-refractivity contribution >= 4 is 40.2 Å². The third-order valence-corrected chi connectivity index (χ3v) is 6.16. The number of nitrogens with zero attached hydrogens (tertiary/aromatic N) is 4. The van der Waals surface area contributed by atoms with Gasteiger partial charge in [-0.3, -0.25) is 18.7 Å². The Labute approximate surface area is 204 Å². The molecule has 0 radical (unpaired) electrons. The number of hydrogen-bond donors (Lipinski definition) is 0. The molecule has 3 heterocycles. The number of aromatic nitrogens is 2. The molecule has 0 aliphatic carbocycles. The summed E-state index contributed by atoms with van der Waals surface area (Å²) in [7, 11) is 1.63. The first-order valence-corrected chi connectivity index (χ1v) is 11.3. The summed E-state index contributed by atoms with van der Waals surface area (Å²) >= 11 is 5.99. The van der Waals surface area contributed by atoms with Crippen LogP contribution < -0.4 is 5.69 Å². The van der Waals surface area contributed by atoms with E-state index in [9.17, 15) is 14.4 Å². The van der Waals surface area contributed by atoms with E-state index in [2.05, 4.69) is 5.10 Å². The molecule has 0 spiro atoms. The van der Waals surface area contributed by atoms with Crippen LogP contribution in [0.5, 0.6) is 0 Å². The Morgan fingerprint density at radius 2 is 1.83 bits per heavy atom. The maximum atomic E-state index is 13.0. The topological polar surface area (TPSA) is 99.0 Å². The molecule has 1 aliphatic heterocycles. The van der Waals surface area contributed by atoms with E-state index >= 15 is 0 Å². The summed E-state index contributed by atoms with van der Waals surface area (Å²) in [5, 5.41) is 6.37. The molecule has 10 heteroatoms. The molecule has 1 atom stereocenters. The number of ether oxygens (including phenoxy) is 1. The van der Waals surface area contributed by atoms with Crippen molar-refractivity contribution in [3.8, 4) is 0 Å². The highest BCUT2D eigenvalue weighted by atomic mass is 35.5. The summed E-state index contributed by atoms with van der Waals surface area (Å²) in [5.74, 6) is -0.638. The van der Waals surface area contributed by atoms with Gasteiger partial charge in [-0.15, -0.1) is 0 Å². The van der Waals surface area contributed by atoms with E-state index < -0.39 is 24.5 Å². The van der Waals surface area contributed by atoms with E-state index in [4.69, 9.17) is 20.8 Å². The minimum absolute atomic E-state index is 0.311. The second kappa shape index (κ2) is 9.27. The van der Waals surface area contributed by atoms with Crippen LogP contribution in [-0.2, 0) is 27.9 Å². The van der Waals surface area contributed by atoms with Gasteiger partial charge in [-0.2, -0.15) is 5.10 Å². The molecule has 0 fully saturated rings. The summed E-state index contributed by atoms with van der Waals surface area (Å²) in [5.41, 5.74) is 2.48. The van der Waals surface area contributed by atoms with Gasteiger partial charge < -0.3 is 9.15 Å². The number of benzene rings is 2. The minimum Gasteiger partial charge on any atom is -0.467 e. The zero-order chi connectivity index (χ0) is 24.5. The second-order valence-electron chi connectivity index (χ2n) is 8.10. The van der Waals surface area contributed by atoms with Crippen molar-refractivity contribution in [1.29, 1.82) is 0 Å². The molecule has 0 saturated carbocycles. The van der Waals surface area contributed by atoms with Crippen molar-refractivity contribution < 1.29 is 18.7 Å².